The van der Waals surface area contributed by atoms with E-state index in [4.69, 9.17) is 17.3 Å². The molecule has 2 amide bonds. The first-order valence-corrected chi connectivity index (χ1v) is 10.6. The topological polar surface area (TPSA) is 92.9 Å². The molecular weight excluding hydrogens is 418 g/mol. The molecule has 0 radical (unpaired) electrons. The highest BCUT2D eigenvalue weighted by Gasteiger charge is 2.17. The first-order valence-electron chi connectivity index (χ1n) is 9.42. The van der Waals surface area contributed by atoms with Gasteiger partial charge in [-0.25, -0.2) is 14.8 Å². The van der Waals surface area contributed by atoms with Crippen LogP contribution in [-0.4, -0.2) is 16.0 Å². The van der Waals surface area contributed by atoms with Crippen LogP contribution in [0.15, 0.2) is 48.8 Å². The second-order valence-corrected chi connectivity index (χ2v) is 8.30. The summed E-state index contributed by atoms with van der Waals surface area (Å²) in [5.74, 6) is 0.476. The van der Waals surface area contributed by atoms with Crippen LogP contribution in [-0.2, 0) is 6.42 Å². The molecule has 30 heavy (non-hydrogen) atoms. The molecule has 2 aromatic carbocycles. The molecular formula is C22H20ClN5OS. The first kappa shape index (κ1) is 20.1. The molecule has 0 atom stereocenters. The maximum atomic E-state index is 12.3. The summed E-state index contributed by atoms with van der Waals surface area (Å²) < 4.78 is 0. The molecule has 4 rings (SSSR count). The van der Waals surface area contributed by atoms with Gasteiger partial charge in [0.05, 0.1) is 5.39 Å². The van der Waals surface area contributed by atoms with Gasteiger partial charge in [-0.1, -0.05) is 36.7 Å². The fraction of sp³-hybridized carbons (Fsp3) is 0.136. The Labute approximate surface area is 183 Å². The minimum atomic E-state index is -0.337. The van der Waals surface area contributed by atoms with Gasteiger partial charge < -0.3 is 16.4 Å². The average Bonchev–Trinajstić information content (AvgIpc) is 3.11. The minimum absolute atomic E-state index is 0.337. The second-order valence-electron chi connectivity index (χ2n) is 6.81. The van der Waals surface area contributed by atoms with Gasteiger partial charge in [0.15, 0.2) is 0 Å². The fourth-order valence-corrected chi connectivity index (χ4v) is 4.53. The van der Waals surface area contributed by atoms with E-state index in [0.29, 0.717) is 22.2 Å². The zero-order chi connectivity index (χ0) is 21.3. The van der Waals surface area contributed by atoms with Crippen molar-refractivity contribution in [3.63, 3.8) is 0 Å². The first-order chi connectivity index (χ1) is 14.5. The number of aromatic nitrogens is 2. The number of nitrogens with two attached hydrogens (primary N) is 1. The van der Waals surface area contributed by atoms with Gasteiger partial charge >= 0.3 is 6.03 Å². The largest absolute Gasteiger partial charge is 0.383 e. The summed E-state index contributed by atoms with van der Waals surface area (Å²) in [5.41, 5.74) is 10.5. The highest BCUT2D eigenvalue weighted by molar-refractivity contribution is 7.19. The number of nitrogens with zero attached hydrogens (tertiary/aromatic N) is 2. The van der Waals surface area contributed by atoms with Crippen LogP contribution in [0.3, 0.4) is 0 Å². The second kappa shape index (κ2) is 8.30. The Balaban J connectivity index is 1.55. The average molecular weight is 438 g/mol. The lowest BCUT2D eigenvalue weighted by Crippen LogP contribution is -2.19. The molecule has 0 fully saturated rings. The Morgan fingerprint density at radius 1 is 1.10 bits per heavy atom. The molecule has 0 saturated heterocycles. The number of halogens is 1. The van der Waals surface area contributed by atoms with Crippen molar-refractivity contribution in [1.29, 1.82) is 0 Å². The van der Waals surface area contributed by atoms with Gasteiger partial charge in [-0.3, -0.25) is 0 Å². The van der Waals surface area contributed by atoms with Crippen LogP contribution in [0.2, 0.25) is 5.02 Å². The predicted octanol–water partition coefficient (Wildman–Crippen LogP) is 6.11. The molecule has 0 aliphatic rings. The molecule has 0 unspecified atom stereocenters. The standard InChI is InChI=1S/C22H20ClN5OS/c1-3-17-18(19-20(24)25-11-26-21(19)30-17)13-5-8-14(9-6-13)27-22(29)28-15-7-4-12(2)16(23)10-15/h4-11H,3H2,1-2H3,(H2,24,25,26)(H2,27,28,29). The number of hydrogen-bond donors (Lipinski definition) is 3. The van der Waals surface area contributed by atoms with E-state index < -0.39 is 0 Å². The van der Waals surface area contributed by atoms with Crippen molar-refractivity contribution in [2.75, 3.05) is 16.4 Å². The minimum Gasteiger partial charge on any atom is -0.383 e. The van der Waals surface area contributed by atoms with Gasteiger partial charge in [0.1, 0.15) is 17.0 Å². The van der Waals surface area contributed by atoms with Crippen LogP contribution in [0.5, 0.6) is 0 Å². The van der Waals surface area contributed by atoms with E-state index in [1.807, 2.05) is 43.3 Å². The third-order valence-corrected chi connectivity index (χ3v) is 6.42. The Morgan fingerprint density at radius 3 is 2.50 bits per heavy atom. The fourth-order valence-electron chi connectivity index (χ4n) is 3.24. The van der Waals surface area contributed by atoms with Crippen molar-refractivity contribution in [3.8, 4) is 11.1 Å². The lowest BCUT2D eigenvalue weighted by molar-refractivity contribution is 0.262. The maximum absolute atomic E-state index is 12.3. The van der Waals surface area contributed by atoms with Gasteiger partial charge in [0.25, 0.3) is 0 Å². The Bertz CT molecular complexity index is 1240. The smallest absolute Gasteiger partial charge is 0.323 e. The van der Waals surface area contributed by atoms with E-state index in [1.54, 1.807) is 17.4 Å². The Morgan fingerprint density at radius 2 is 1.80 bits per heavy atom. The monoisotopic (exact) mass is 437 g/mol. The zero-order valence-corrected chi connectivity index (χ0v) is 18.1. The molecule has 0 aliphatic carbocycles. The number of nitrogens with one attached hydrogen (secondary N) is 2. The molecule has 4 N–H and O–H groups in total. The van der Waals surface area contributed by atoms with E-state index in [9.17, 15) is 4.79 Å². The van der Waals surface area contributed by atoms with Crippen molar-refractivity contribution < 1.29 is 4.79 Å². The molecule has 4 aromatic rings. The quantitative estimate of drug-likeness (QED) is 0.359. The van der Waals surface area contributed by atoms with Crippen LogP contribution in [0.1, 0.15) is 17.4 Å². The maximum Gasteiger partial charge on any atom is 0.323 e. The lowest BCUT2D eigenvalue weighted by atomic mass is 10.0. The number of thiophene rings is 1. The summed E-state index contributed by atoms with van der Waals surface area (Å²) in [6, 6.07) is 12.7. The third kappa shape index (κ3) is 3.94. The summed E-state index contributed by atoms with van der Waals surface area (Å²) in [7, 11) is 0. The highest BCUT2D eigenvalue weighted by atomic mass is 35.5. The van der Waals surface area contributed by atoms with Gasteiger partial charge in [-0.2, -0.15) is 0 Å². The molecule has 2 aromatic heterocycles. The summed E-state index contributed by atoms with van der Waals surface area (Å²) in [4.78, 5) is 22.9. The molecule has 8 heteroatoms. The molecule has 0 spiro atoms. The molecule has 152 valence electrons. The van der Waals surface area contributed by atoms with E-state index in [-0.39, 0.29) is 6.03 Å². The molecule has 0 aliphatic heterocycles. The van der Waals surface area contributed by atoms with Gasteiger partial charge in [0, 0.05) is 26.8 Å². The predicted molar refractivity (Wildman–Crippen MR) is 125 cm³/mol. The number of aryl methyl sites for hydroxylation is 2. The van der Waals surface area contributed by atoms with Crippen molar-refractivity contribution >= 4 is 56.4 Å². The SMILES string of the molecule is CCc1sc2ncnc(N)c2c1-c1ccc(NC(=O)Nc2ccc(C)c(Cl)c2)cc1. The van der Waals surface area contributed by atoms with Crippen molar-refractivity contribution in [2.24, 2.45) is 0 Å². The number of rotatable bonds is 4. The van der Waals surface area contributed by atoms with Gasteiger partial charge in [0.2, 0.25) is 0 Å². The van der Waals surface area contributed by atoms with Crippen molar-refractivity contribution in [2.45, 2.75) is 20.3 Å². The Kier molecular flexibility index (Phi) is 5.57. The number of urea groups is 1. The number of carbonyl (C=O) groups is 1. The van der Waals surface area contributed by atoms with E-state index in [1.165, 1.54) is 11.2 Å². The van der Waals surface area contributed by atoms with E-state index in [2.05, 4.69) is 27.5 Å². The number of carbonyl (C=O) groups excluding carboxylic acids is 1. The number of fused-ring (bicyclic) bond motifs is 1. The van der Waals surface area contributed by atoms with Gasteiger partial charge in [-0.05, 0) is 48.7 Å². The zero-order valence-electron chi connectivity index (χ0n) is 16.5. The molecule has 0 bridgehead atoms. The van der Waals surface area contributed by atoms with E-state index in [0.717, 1.165) is 33.3 Å². The van der Waals surface area contributed by atoms with Crippen molar-refractivity contribution in [3.05, 3.63) is 64.3 Å². The van der Waals surface area contributed by atoms with Crippen LogP contribution in [0.25, 0.3) is 21.3 Å². The third-order valence-electron chi connectivity index (χ3n) is 4.77. The summed E-state index contributed by atoms with van der Waals surface area (Å²) in [6.45, 7) is 4.02. The molecule has 0 saturated carbocycles. The van der Waals surface area contributed by atoms with Crippen LogP contribution < -0.4 is 16.4 Å². The van der Waals surface area contributed by atoms with Crippen LogP contribution in [0, 0.1) is 6.92 Å². The van der Waals surface area contributed by atoms with E-state index >= 15 is 0 Å². The number of anilines is 3. The summed E-state index contributed by atoms with van der Waals surface area (Å²) >= 11 is 7.74. The van der Waals surface area contributed by atoms with Crippen molar-refractivity contribution in [1.82, 2.24) is 9.97 Å². The molecule has 6 nitrogen and oxygen atoms in total. The number of benzene rings is 2. The van der Waals surface area contributed by atoms with Crippen LogP contribution in [0.4, 0.5) is 22.0 Å². The number of amides is 2. The summed E-state index contributed by atoms with van der Waals surface area (Å²) in [5, 5.41) is 7.11. The number of hydrogen-bond acceptors (Lipinski definition) is 5. The van der Waals surface area contributed by atoms with Gasteiger partial charge in [-0.15, -0.1) is 11.3 Å². The highest BCUT2D eigenvalue weighted by Crippen LogP contribution is 2.40. The Hall–Kier alpha value is -3.16. The lowest BCUT2D eigenvalue weighted by Gasteiger charge is -2.10. The normalized spacial score (nSPS) is 10.9. The molecule has 2 heterocycles. The van der Waals surface area contributed by atoms with Crippen LogP contribution >= 0.6 is 22.9 Å². The summed E-state index contributed by atoms with van der Waals surface area (Å²) in [6.07, 6.45) is 2.36. The number of nitrogen functional groups attached to an aromatic ring is 1.